The fourth-order valence-corrected chi connectivity index (χ4v) is 2.23. The topological polar surface area (TPSA) is 90.1 Å². The summed E-state index contributed by atoms with van der Waals surface area (Å²) >= 11 is 0. The number of hydrogen-bond acceptors (Lipinski definition) is 6. The van der Waals surface area contributed by atoms with E-state index in [9.17, 15) is 13.6 Å². The maximum atomic E-state index is 14.0. The van der Waals surface area contributed by atoms with E-state index in [0.29, 0.717) is 5.69 Å². The molecule has 0 bridgehead atoms. The summed E-state index contributed by atoms with van der Waals surface area (Å²) in [5.74, 6) is -2.73. The van der Waals surface area contributed by atoms with Gasteiger partial charge in [0.15, 0.2) is 0 Å². The molecule has 134 valence electrons. The molecule has 1 N–H and O–H groups in total. The van der Waals surface area contributed by atoms with Gasteiger partial charge in [-0.1, -0.05) is 11.2 Å². The van der Waals surface area contributed by atoms with Crippen molar-refractivity contribution in [3.05, 3.63) is 59.6 Å². The quantitative estimate of drug-likeness (QED) is 0.752. The second kappa shape index (κ2) is 7.26. The first-order valence-electron chi connectivity index (χ1n) is 7.58. The number of carbonyl (C=O) groups excluding carboxylic acids is 1. The second-order valence-corrected chi connectivity index (χ2v) is 5.33. The lowest BCUT2D eigenvalue weighted by molar-refractivity contribution is 0.0924. The molecule has 0 radical (unpaired) electrons. The smallest absolute Gasteiger partial charge is 0.257 e. The third kappa shape index (κ3) is 3.51. The summed E-state index contributed by atoms with van der Waals surface area (Å²) in [6, 6.07) is 6.28. The Balaban J connectivity index is 1.77. The van der Waals surface area contributed by atoms with Gasteiger partial charge in [-0.15, -0.1) is 0 Å². The van der Waals surface area contributed by atoms with E-state index < -0.39 is 29.1 Å². The normalized spacial score (nSPS) is 11.8. The summed E-state index contributed by atoms with van der Waals surface area (Å²) in [5.41, 5.74) is -0.226. The molecule has 0 saturated heterocycles. The molecule has 0 aliphatic heterocycles. The van der Waals surface area contributed by atoms with Crippen LogP contribution in [0.4, 0.5) is 8.78 Å². The Kier molecular flexibility index (Phi) is 4.87. The van der Waals surface area contributed by atoms with E-state index in [-0.39, 0.29) is 17.5 Å². The van der Waals surface area contributed by atoms with E-state index in [4.69, 9.17) is 9.26 Å². The van der Waals surface area contributed by atoms with Gasteiger partial charge in [0.05, 0.1) is 7.11 Å². The highest BCUT2D eigenvalue weighted by molar-refractivity contribution is 5.95. The molecule has 1 amide bonds. The van der Waals surface area contributed by atoms with Gasteiger partial charge < -0.3 is 14.6 Å². The molecular weight excluding hydrogens is 346 g/mol. The number of benzene rings is 1. The summed E-state index contributed by atoms with van der Waals surface area (Å²) in [4.78, 5) is 20.4. The molecule has 0 aliphatic carbocycles. The number of carbonyl (C=O) groups is 1. The van der Waals surface area contributed by atoms with Gasteiger partial charge in [0.25, 0.3) is 5.91 Å². The number of pyridine rings is 1. The van der Waals surface area contributed by atoms with E-state index in [1.165, 1.54) is 7.11 Å². The average Bonchev–Trinajstić information content (AvgIpc) is 3.12. The third-order valence-corrected chi connectivity index (χ3v) is 3.53. The first-order chi connectivity index (χ1) is 12.5. The van der Waals surface area contributed by atoms with Crippen molar-refractivity contribution in [3.8, 4) is 17.3 Å². The van der Waals surface area contributed by atoms with Crippen LogP contribution >= 0.6 is 0 Å². The minimum absolute atomic E-state index is 0.0264. The van der Waals surface area contributed by atoms with Crippen molar-refractivity contribution in [3.63, 3.8) is 0 Å². The zero-order valence-electron chi connectivity index (χ0n) is 13.9. The van der Waals surface area contributed by atoms with Gasteiger partial charge in [-0.05, 0) is 19.1 Å². The molecule has 7 nitrogen and oxygen atoms in total. The van der Waals surface area contributed by atoms with Gasteiger partial charge >= 0.3 is 0 Å². The zero-order valence-corrected chi connectivity index (χ0v) is 13.9. The van der Waals surface area contributed by atoms with Crippen LogP contribution in [0.1, 0.15) is 29.2 Å². The molecule has 0 fully saturated rings. The number of aromatic nitrogens is 3. The lowest BCUT2D eigenvalue weighted by Gasteiger charge is -2.11. The molecule has 0 saturated carbocycles. The van der Waals surface area contributed by atoms with Crippen LogP contribution in [0.15, 0.2) is 41.1 Å². The van der Waals surface area contributed by atoms with Crippen molar-refractivity contribution < 1.29 is 22.8 Å². The van der Waals surface area contributed by atoms with Crippen molar-refractivity contribution in [2.45, 2.75) is 13.0 Å². The molecule has 0 aliphatic rings. The lowest BCUT2D eigenvalue weighted by atomic mass is 10.1. The van der Waals surface area contributed by atoms with Crippen LogP contribution in [0.25, 0.3) is 11.5 Å². The van der Waals surface area contributed by atoms with E-state index in [1.54, 1.807) is 31.3 Å². The van der Waals surface area contributed by atoms with Crippen molar-refractivity contribution in [2.75, 3.05) is 7.11 Å². The van der Waals surface area contributed by atoms with Crippen LogP contribution in [0.5, 0.6) is 5.75 Å². The summed E-state index contributed by atoms with van der Waals surface area (Å²) in [6.45, 7) is 1.55. The average molecular weight is 360 g/mol. The standard InChI is InChI=1S/C17H14F2N4O3/c1-9(17-22-15(23-26-17)13-5-3-4-6-20-13)21-16(24)14-11(18)7-10(25-2)8-12(14)19/h3-9H,1-2H3,(H,21,24)/t9-/m0/s1. The first kappa shape index (κ1) is 17.5. The van der Waals surface area contributed by atoms with Crippen molar-refractivity contribution >= 4 is 5.91 Å². The maximum absolute atomic E-state index is 14.0. The van der Waals surface area contributed by atoms with Crippen molar-refractivity contribution in [1.82, 2.24) is 20.4 Å². The number of amides is 1. The highest BCUT2D eigenvalue weighted by Crippen LogP contribution is 2.22. The Labute approximate surface area is 147 Å². The van der Waals surface area contributed by atoms with E-state index in [2.05, 4.69) is 20.4 Å². The molecule has 0 unspecified atom stereocenters. The number of nitrogens with one attached hydrogen (secondary N) is 1. The maximum Gasteiger partial charge on any atom is 0.257 e. The SMILES string of the molecule is COc1cc(F)c(C(=O)N[C@@H](C)c2nc(-c3ccccn3)no2)c(F)c1. The fraction of sp³-hybridized carbons (Fsp3) is 0.176. The highest BCUT2D eigenvalue weighted by Gasteiger charge is 2.23. The zero-order chi connectivity index (χ0) is 18.7. The van der Waals surface area contributed by atoms with Gasteiger partial charge in [0.1, 0.15) is 34.7 Å². The second-order valence-electron chi connectivity index (χ2n) is 5.33. The Morgan fingerprint density at radius 1 is 1.27 bits per heavy atom. The Bertz CT molecular complexity index is 908. The van der Waals surface area contributed by atoms with E-state index >= 15 is 0 Å². The molecule has 3 rings (SSSR count). The summed E-state index contributed by atoms with van der Waals surface area (Å²) < 4.78 is 37.8. The summed E-state index contributed by atoms with van der Waals surface area (Å²) in [7, 11) is 1.27. The van der Waals surface area contributed by atoms with Gasteiger partial charge in [-0.3, -0.25) is 9.78 Å². The van der Waals surface area contributed by atoms with Gasteiger partial charge in [-0.25, -0.2) is 8.78 Å². The van der Waals surface area contributed by atoms with Crippen molar-refractivity contribution in [1.29, 1.82) is 0 Å². The highest BCUT2D eigenvalue weighted by atomic mass is 19.1. The summed E-state index contributed by atoms with van der Waals surface area (Å²) in [5, 5.41) is 6.20. The van der Waals surface area contributed by atoms with Crippen LogP contribution in [-0.4, -0.2) is 28.1 Å². The predicted molar refractivity (Wildman–Crippen MR) is 86.3 cm³/mol. The van der Waals surface area contributed by atoms with Crippen LogP contribution < -0.4 is 10.1 Å². The number of ether oxygens (including phenoxy) is 1. The molecular formula is C17H14F2N4O3. The molecule has 3 aromatic rings. The molecule has 1 atom stereocenters. The van der Waals surface area contributed by atoms with Crippen LogP contribution in [0, 0.1) is 11.6 Å². The lowest BCUT2D eigenvalue weighted by Crippen LogP contribution is -2.28. The monoisotopic (exact) mass is 360 g/mol. The number of hydrogen-bond donors (Lipinski definition) is 1. The van der Waals surface area contributed by atoms with E-state index in [1.807, 2.05) is 0 Å². The molecule has 1 aromatic carbocycles. The van der Waals surface area contributed by atoms with Gasteiger partial charge in [0.2, 0.25) is 11.7 Å². The number of halogens is 2. The number of nitrogens with zero attached hydrogens (tertiary/aromatic N) is 3. The largest absolute Gasteiger partial charge is 0.497 e. The number of rotatable bonds is 5. The third-order valence-electron chi connectivity index (χ3n) is 3.53. The first-order valence-corrected chi connectivity index (χ1v) is 7.58. The molecule has 9 heteroatoms. The molecule has 0 spiro atoms. The Morgan fingerprint density at radius 3 is 2.62 bits per heavy atom. The van der Waals surface area contributed by atoms with Crippen molar-refractivity contribution in [2.24, 2.45) is 0 Å². The molecule has 2 heterocycles. The number of methoxy groups -OCH3 is 1. The van der Waals surface area contributed by atoms with Gasteiger partial charge in [-0.2, -0.15) is 4.98 Å². The molecule has 26 heavy (non-hydrogen) atoms. The minimum atomic E-state index is -1.04. The Morgan fingerprint density at radius 2 is 2.00 bits per heavy atom. The summed E-state index contributed by atoms with van der Waals surface area (Å²) in [6.07, 6.45) is 1.58. The van der Waals surface area contributed by atoms with Gasteiger partial charge in [0, 0.05) is 18.3 Å². The van der Waals surface area contributed by atoms with Crippen LogP contribution in [0.3, 0.4) is 0 Å². The minimum Gasteiger partial charge on any atom is -0.497 e. The fourth-order valence-electron chi connectivity index (χ4n) is 2.23. The Hall–Kier alpha value is -3.36. The van der Waals surface area contributed by atoms with Crippen LogP contribution in [0.2, 0.25) is 0 Å². The predicted octanol–water partition coefficient (Wildman–Crippen LogP) is 2.91. The van der Waals surface area contributed by atoms with E-state index in [0.717, 1.165) is 12.1 Å². The van der Waals surface area contributed by atoms with Crippen LogP contribution in [-0.2, 0) is 0 Å². The molecule has 2 aromatic heterocycles.